The van der Waals surface area contributed by atoms with Gasteiger partial charge in [0.1, 0.15) is 0 Å². The second kappa shape index (κ2) is 57.3. The van der Waals surface area contributed by atoms with Crippen LogP contribution in [0.15, 0.2) is 109 Å². The summed E-state index contributed by atoms with van der Waals surface area (Å²) in [5.74, 6) is -1.77. The summed E-state index contributed by atoms with van der Waals surface area (Å²) >= 11 is 0. The first kappa shape index (κ1) is 65.7. The van der Waals surface area contributed by atoms with Gasteiger partial charge in [-0.2, -0.15) is 0 Å². The van der Waals surface area contributed by atoms with Crippen LogP contribution in [-0.4, -0.2) is 17.9 Å². The lowest BCUT2D eigenvalue weighted by Crippen LogP contribution is -2.22. The van der Waals surface area contributed by atoms with E-state index in [0.29, 0.717) is 6.42 Å². The third-order valence-corrected chi connectivity index (χ3v) is 13.3. The zero-order valence-corrected chi connectivity index (χ0v) is 45.6. The molecule has 0 amide bonds. The lowest BCUT2D eigenvalue weighted by Gasteiger charge is -2.10. The van der Waals surface area contributed by atoms with Crippen LogP contribution in [0.2, 0.25) is 0 Å². The maximum absolute atomic E-state index is 13.7. The number of unbranched alkanes of at least 4 members (excludes halogenated alkanes) is 37. The van der Waals surface area contributed by atoms with Gasteiger partial charge in [0.05, 0.1) is 11.5 Å². The van der Waals surface area contributed by atoms with Crippen molar-refractivity contribution in [2.45, 2.75) is 284 Å². The van der Waals surface area contributed by atoms with Gasteiger partial charge in [-0.1, -0.05) is 343 Å². The van der Waals surface area contributed by atoms with E-state index in [0.717, 1.165) is 32.1 Å². The fourth-order valence-electron chi connectivity index (χ4n) is 8.78. The molecule has 0 aromatic rings. The highest BCUT2D eigenvalue weighted by molar-refractivity contribution is 6.26. The Kier molecular flexibility index (Phi) is 54.5. The molecule has 0 saturated carbocycles. The minimum Gasteiger partial charge on any atom is -0.293 e. The molecular formula is C66H109O3. The second-order valence-corrected chi connectivity index (χ2v) is 19.9. The van der Waals surface area contributed by atoms with E-state index in [1.54, 1.807) is 24.3 Å². The molecule has 1 atom stereocenters. The van der Waals surface area contributed by atoms with Crippen molar-refractivity contribution in [3.63, 3.8) is 0 Å². The van der Waals surface area contributed by atoms with Gasteiger partial charge < -0.3 is 0 Å². The van der Waals surface area contributed by atoms with Crippen molar-refractivity contribution in [2.24, 2.45) is 5.92 Å². The summed E-state index contributed by atoms with van der Waals surface area (Å²) in [7, 11) is 0. The van der Waals surface area contributed by atoms with Crippen LogP contribution < -0.4 is 0 Å². The summed E-state index contributed by atoms with van der Waals surface area (Å²) < 4.78 is 0. The molecule has 0 saturated heterocycles. The molecule has 1 radical (unpaired) electrons. The van der Waals surface area contributed by atoms with E-state index in [9.17, 15) is 14.4 Å². The Bertz CT molecular complexity index is 1410. The van der Waals surface area contributed by atoms with Crippen LogP contribution in [0.5, 0.6) is 0 Å². The van der Waals surface area contributed by atoms with E-state index in [4.69, 9.17) is 0 Å². The third-order valence-electron chi connectivity index (χ3n) is 13.3. The topological polar surface area (TPSA) is 51.2 Å². The van der Waals surface area contributed by atoms with Gasteiger partial charge in [-0.25, -0.2) is 0 Å². The Morgan fingerprint density at radius 2 is 0.609 bits per heavy atom. The number of carbonyl (C=O) groups excluding carboxylic acids is 3. The number of Topliss-reactive ketones (excluding diaryl/α,β-unsaturated/α-hetero) is 1. The summed E-state index contributed by atoms with van der Waals surface area (Å²) in [6.07, 6.45) is 87.1. The fourth-order valence-corrected chi connectivity index (χ4v) is 8.78. The molecule has 69 heavy (non-hydrogen) atoms. The standard InChI is InChI=1S/C66H109O3/c1-4-7-10-13-16-19-22-25-28-31-34-37-40-43-46-49-52-55-58-61-65(68)64(60-57-54-51-48-45-42-39-36-33-30-27-24-21-18-15-12-9-6-3)66(69)63(62-67)59-56-53-50-47-44-41-38-35-32-29-26-23-20-17-14-11-8-5-2/h36,39-40,42-43,45-46,48-49,51-52,54-55,57-58,60-61,63H,4-35,37-38,41,44,47,50,53,56,59H2,1-3H3/b39-36+,43-40+,45-42+,49-46+,51-48+,55-52+,57-54+,61-58+,64-60+. The molecule has 0 aromatic heterocycles. The molecule has 3 nitrogen and oxygen atoms in total. The van der Waals surface area contributed by atoms with Crippen molar-refractivity contribution in [1.29, 1.82) is 0 Å². The van der Waals surface area contributed by atoms with E-state index < -0.39 is 17.5 Å². The van der Waals surface area contributed by atoms with Gasteiger partial charge in [0.15, 0.2) is 11.6 Å². The summed E-state index contributed by atoms with van der Waals surface area (Å²) in [4.78, 5) is 39.2. The van der Waals surface area contributed by atoms with Gasteiger partial charge in [-0.3, -0.25) is 14.4 Å². The number of hydrogen-bond donors (Lipinski definition) is 0. The Labute approximate surface area is 429 Å². The first-order chi connectivity index (χ1) is 34.1. The SMILES string of the molecule is CCCCCCCCCCC/C=C/C=C/C=C/C=C/C=C(\C(=O)/C=C/C=C/C=C/C=C/CCCCCCCCCCCCC)C(=O)C([C]=O)CCCCCCCCCCCCCCCCCCCC. The Hall–Kier alpha value is -3.33. The zero-order valence-electron chi connectivity index (χ0n) is 45.6. The highest BCUT2D eigenvalue weighted by atomic mass is 16.2. The van der Waals surface area contributed by atoms with Crippen LogP contribution in [0, 0.1) is 5.92 Å². The van der Waals surface area contributed by atoms with E-state index in [-0.39, 0.29) is 5.57 Å². The van der Waals surface area contributed by atoms with E-state index in [1.165, 1.54) is 231 Å². The summed E-state index contributed by atoms with van der Waals surface area (Å²) in [6.45, 7) is 6.83. The number of allylic oxidation sites excluding steroid dienone is 18. The Morgan fingerprint density at radius 3 is 0.942 bits per heavy atom. The van der Waals surface area contributed by atoms with Crippen LogP contribution >= 0.6 is 0 Å². The lowest BCUT2D eigenvalue weighted by molar-refractivity contribution is -0.120. The van der Waals surface area contributed by atoms with Gasteiger partial charge >= 0.3 is 0 Å². The monoisotopic (exact) mass is 950 g/mol. The molecule has 391 valence electrons. The molecule has 0 aromatic carbocycles. The molecule has 1 unspecified atom stereocenters. The highest BCUT2D eigenvalue weighted by Crippen LogP contribution is 2.19. The van der Waals surface area contributed by atoms with Crippen LogP contribution in [0.3, 0.4) is 0 Å². The fraction of sp³-hybridized carbons (Fsp3) is 0.682. The summed E-state index contributed by atoms with van der Waals surface area (Å²) in [5, 5.41) is 0. The van der Waals surface area contributed by atoms with Crippen molar-refractivity contribution >= 4 is 17.9 Å². The summed E-state index contributed by atoms with van der Waals surface area (Å²) in [6, 6.07) is 0. The maximum atomic E-state index is 13.7. The van der Waals surface area contributed by atoms with E-state index >= 15 is 0 Å². The zero-order chi connectivity index (χ0) is 50.0. The van der Waals surface area contributed by atoms with Crippen LogP contribution in [-0.2, 0) is 14.4 Å². The average Bonchev–Trinajstić information content (AvgIpc) is 3.36. The molecule has 3 heteroatoms. The minimum atomic E-state index is -0.931. The van der Waals surface area contributed by atoms with Gasteiger partial charge in [0, 0.05) is 0 Å². The Balaban J connectivity index is 4.91. The third kappa shape index (κ3) is 49.4. The first-order valence-electron chi connectivity index (χ1n) is 29.6. The molecule has 0 bridgehead atoms. The highest BCUT2D eigenvalue weighted by Gasteiger charge is 2.25. The van der Waals surface area contributed by atoms with Gasteiger partial charge in [-0.15, -0.1) is 0 Å². The van der Waals surface area contributed by atoms with Gasteiger partial charge in [-0.05, 0) is 44.3 Å². The van der Waals surface area contributed by atoms with Gasteiger partial charge in [0.2, 0.25) is 6.29 Å². The largest absolute Gasteiger partial charge is 0.293 e. The number of hydrogen-bond acceptors (Lipinski definition) is 3. The van der Waals surface area contributed by atoms with E-state index in [1.807, 2.05) is 54.9 Å². The second-order valence-electron chi connectivity index (χ2n) is 19.9. The molecule has 0 aliphatic rings. The van der Waals surface area contributed by atoms with Crippen LogP contribution in [0.25, 0.3) is 0 Å². The van der Waals surface area contributed by atoms with E-state index in [2.05, 4.69) is 45.1 Å². The van der Waals surface area contributed by atoms with Crippen molar-refractivity contribution in [1.82, 2.24) is 0 Å². The molecule has 0 N–H and O–H groups in total. The molecule has 0 heterocycles. The van der Waals surface area contributed by atoms with Gasteiger partial charge in [0.25, 0.3) is 0 Å². The minimum absolute atomic E-state index is 0.0240. The normalized spacial score (nSPS) is 13.2. The van der Waals surface area contributed by atoms with Crippen molar-refractivity contribution in [2.75, 3.05) is 0 Å². The predicted molar refractivity (Wildman–Crippen MR) is 307 cm³/mol. The molecule has 0 aliphatic carbocycles. The maximum Gasteiger partial charge on any atom is 0.209 e. The molecular weight excluding hydrogens is 841 g/mol. The first-order valence-corrected chi connectivity index (χ1v) is 29.6. The van der Waals surface area contributed by atoms with Crippen molar-refractivity contribution in [3.8, 4) is 0 Å². The average molecular weight is 951 g/mol. The number of ketones is 2. The molecule has 0 rings (SSSR count). The summed E-state index contributed by atoms with van der Waals surface area (Å²) in [5.41, 5.74) is 0.0240. The lowest BCUT2D eigenvalue weighted by atomic mass is 9.90. The Morgan fingerprint density at radius 1 is 0.333 bits per heavy atom. The molecule has 0 aliphatic heterocycles. The molecule has 0 spiro atoms. The number of carbonyl (C=O) groups is 2. The number of rotatable bonds is 53. The smallest absolute Gasteiger partial charge is 0.209 e. The van der Waals surface area contributed by atoms with Crippen LogP contribution in [0.1, 0.15) is 284 Å². The quantitative estimate of drug-likeness (QED) is 0.0201. The van der Waals surface area contributed by atoms with Crippen molar-refractivity contribution in [3.05, 3.63) is 109 Å². The van der Waals surface area contributed by atoms with Crippen LogP contribution in [0.4, 0.5) is 0 Å². The molecule has 0 fully saturated rings. The predicted octanol–water partition coefficient (Wildman–Crippen LogP) is 21.3. The van der Waals surface area contributed by atoms with Crippen molar-refractivity contribution < 1.29 is 14.4 Å².